The highest BCUT2D eigenvalue weighted by Crippen LogP contribution is 2.36. The van der Waals surface area contributed by atoms with E-state index in [4.69, 9.17) is 0 Å². The molecule has 80 valence electrons. The van der Waals surface area contributed by atoms with Crippen LogP contribution in [-0.2, 0) is 12.8 Å². The van der Waals surface area contributed by atoms with E-state index in [1.165, 1.54) is 25.7 Å². The van der Waals surface area contributed by atoms with Crippen molar-refractivity contribution in [2.75, 3.05) is 0 Å². The third kappa shape index (κ3) is 2.11. The van der Waals surface area contributed by atoms with E-state index in [9.17, 15) is 0 Å². The highest BCUT2D eigenvalue weighted by Gasteiger charge is 2.07. The monoisotopic (exact) mass is 218 g/mol. The van der Waals surface area contributed by atoms with Gasteiger partial charge in [-0.15, -0.1) is 8.19 Å². The Morgan fingerprint density at radius 3 is 1.73 bits per heavy atom. The molecule has 0 aliphatic heterocycles. The van der Waals surface area contributed by atoms with Gasteiger partial charge in [-0.25, -0.2) is 0 Å². The number of rotatable bonds is 4. The summed E-state index contributed by atoms with van der Waals surface area (Å²) < 4.78 is 0. The summed E-state index contributed by atoms with van der Waals surface area (Å²) in [6.45, 7) is 4.55. The number of hydrogen-bond donors (Lipinski definition) is 0. The highest BCUT2D eigenvalue weighted by molar-refractivity contribution is 7.33. The van der Waals surface area contributed by atoms with Crippen molar-refractivity contribution in [1.29, 1.82) is 0 Å². The summed E-state index contributed by atoms with van der Waals surface area (Å²) in [6.07, 6.45) is 5.11. The average molecular weight is 218 g/mol. The van der Waals surface area contributed by atoms with Crippen LogP contribution in [0, 0.1) is 0 Å². The number of benzene rings is 1. The second-order valence-electron chi connectivity index (χ2n) is 4.13. The topological polar surface area (TPSA) is 0 Å². The summed E-state index contributed by atoms with van der Waals surface area (Å²) in [4.78, 5) is 0. The molecular weight excluding hydrogens is 199 g/mol. The van der Waals surface area contributed by atoms with Crippen molar-refractivity contribution in [2.24, 2.45) is 0 Å². The first-order valence-electron chi connectivity index (χ1n) is 5.95. The minimum Gasteiger partial charge on any atom is -0.132 e. The van der Waals surface area contributed by atoms with E-state index in [0.29, 0.717) is 0 Å². The van der Waals surface area contributed by atoms with Crippen molar-refractivity contribution >= 4 is 19.0 Å². The zero-order valence-electron chi connectivity index (χ0n) is 9.64. The van der Waals surface area contributed by atoms with Gasteiger partial charge in [0.05, 0.1) is 0 Å². The van der Waals surface area contributed by atoms with Gasteiger partial charge < -0.3 is 0 Å². The summed E-state index contributed by atoms with van der Waals surface area (Å²) in [5.41, 5.74) is 0. The van der Waals surface area contributed by atoms with Gasteiger partial charge in [-0.1, -0.05) is 51.0 Å². The van der Waals surface area contributed by atoms with Crippen LogP contribution in [0.5, 0.6) is 0 Å². The Bertz CT molecular complexity index is 400. The first kappa shape index (κ1) is 10.8. The third-order valence-electron chi connectivity index (χ3n) is 2.88. The van der Waals surface area contributed by atoms with Crippen LogP contribution in [0.15, 0.2) is 24.3 Å². The van der Waals surface area contributed by atoms with Gasteiger partial charge in [0, 0.05) is 0 Å². The second-order valence-corrected chi connectivity index (χ2v) is 5.58. The van der Waals surface area contributed by atoms with Crippen LogP contribution in [0.3, 0.4) is 0 Å². The van der Waals surface area contributed by atoms with Gasteiger partial charge >= 0.3 is 0 Å². The van der Waals surface area contributed by atoms with Gasteiger partial charge in [0.15, 0.2) is 0 Å². The molecule has 0 nitrogen and oxygen atoms in total. The van der Waals surface area contributed by atoms with Crippen molar-refractivity contribution in [3.05, 3.63) is 34.9 Å². The van der Waals surface area contributed by atoms with E-state index in [1.54, 1.807) is 21.4 Å². The number of hydrogen-bond acceptors (Lipinski definition) is 0. The lowest BCUT2D eigenvalue weighted by Crippen LogP contribution is -1.77. The standard InChI is InChI=1S/C14H19P/c1-3-7-13-11-9-5-6-10-12(11)14(15-13)8-4-2/h5-6,9-10,15H,3-4,7-8H2,1-2H3. The minimum absolute atomic E-state index is 0.976. The van der Waals surface area contributed by atoms with Gasteiger partial charge in [0.25, 0.3) is 0 Å². The predicted octanol–water partition coefficient (Wildman–Crippen LogP) is 4.78. The Labute approximate surface area is 93.8 Å². The number of aryl methyl sites for hydroxylation is 2. The molecule has 0 saturated carbocycles. The van der Waals surface area contributed by atoms with Crippen molar-refractivity contribution in [3.63, 3.8) is 0 Å². The minimum atomic E-state index is 0.976. The van der Waals surface area contributed by atoms with E-state index < -0.39 is 0 Å². The largest absolute Gasteiger partial charge is 0.132 e. The van der Waals surface area contributed by atoms with Crippen LogP contribution in [0.25, 0.3) is 10.8 Å². The van der Waals surface area contributed by atoms with Crippen molar-refractivity contribution in [1.82, 2.24) is 0 Å². The molecule has 1 heterocycles. The Kier molecular flexibility index (Phi) is 3.49. The summed E-state index contributed by atoms with van der Waals surface area (Å²) in [5.74, 6) is 0. The predicted molar refractivity (Wildman–Crippen MR) is 71.4 cm³/mol. The normalized spacial score (nSPS) is 11.1. The summed E-state index contributed by atoms with van der Waals surface area (Å²) in [6, 6.07) is 8.95. The molecule has 0 bridgehead atoms. The Morgan fingerprint density at radius 1 is 0.867 bits per heavy atom. The fourth-order valence-electron chi connectivity index (χ4n) is 2.22. The molecule has 0 aliphatic carbocycles. The smallest absolute Gasteiger partial charge is 0.0109 e. The van der Waals surface area contributed by atoms with E-state index in [-0.39, 0.29) is 0 Å². The second kappa shape index (κ2) is 4.86. The van der Waals surface area contributed by atoms with E-state index in [1.807, 2.05) is 0 Å². The van der Waals surface area contributed by atoms with Crippen molar-refractivity contribution in [2.45, 2.75) is 39.5 Å². The molecule has 2 rings (SSSR count). The molecule has 0 spiro atoms. The van der Waals surface area contributed by atoms with Crippen LogP contribution in [-0.4, -0.2) is 0 Å². The lowest BCUT2D eigenvalue weighted by atomic mass is 10.1. The maximum absolute atomic E-state index is 2.30. The van der Waals surface area contributed by atoms with Crippen LogP contribution in [0.1, 0.15) is 37.3 Å². The summed E-state index contributed by atoms with van der Waals surface area (Å²) in [7, 11) is 0.976. The van der Waals surface area contributed by atoms with Crippen molar-refractivity contribution in [3.8, 4) is 0 Å². The maximum Gasteiger partial charge on any atom is -0.0109 e. The summed E-state index contributed by atoms with van der Waals surface area (Å²) >= 11 is 0. The molecule has 15 heavy (non-hydrogen) atoms. The molecule has 0 aliphatic rings. The molecule has 0 saturated heterocycles. The van der Waals surface area contributed by atoms with Crippen LogP contribution < -0.4 is 0 Å². The van der Waals surface area contributed by atoms with Gasteiger partial charge in [0.2, 0.25) is 0 Å². The Hall–Kier alpha value is -0.740. The molecule has 0 fully saturated rings. The third-order valence-corrected chi connectivity index (χ3v) is 4.52. The molecular formula is C14H19P. The Morgan fingerprint density at radius 2 is 1.33 bits per heavy atom. The molecule has 0 amide bonds. The molecule has 0 atom stereocenters. The fourth-order valence-corrected chi connectivity index (χ4v) is 4.04. The van der Waals surface area contributed by atoms with E-state index >= 15 is 0 Å². The van der Waals surface area contributed by atoms with Crippen LogP contribution in [0.4, 0.5) is 0 Å². The first-order valence-corrected chi connectivity index (χ1v) is 6.95. The molecule has 2 aromatic rings. The van der Waals surface area contributed by atoms with E-state index in [2.05, 4.69) is 38.1 Å². The number of fused-ring (bicyclic) bond motifs is 1. The molecule has 1 heteroatoms. The first-order chi connectivity index (χ1) is 7.36. The van der Waals surface area contributed by atoms with Crippen LogP contribution in [0.2, 0.25) is 0 Å². The quantitative estimate of drug-likeness (QED) is 0.693. The molecule has 1 aromatic heterocycles. The molecule has 0 N–H and O–H groups in total. The maximum atomic E-state index is 2.30. The van der Waals surface area contributed by atoms with E-state index in [0.717, 1.165) is 8.19 Å². The Balaban J connectivity index is 2.52. The van der Waals surface area contributed by atoms with Gasteiger partial charge in [0.1, 0.15) is 0 Å². The molecule has 0 radical (unpaired) electrons. The average Bonchev–Trinajstić information content (AvgIpc) is 2.59. The van der Waals surface area contributed by atoms with Crippen molar-refractivity contribution < 1.29 is 0 Å². The van der Waals surface area contributed by atoms with Gasteiger partial charge in [-0.2, -0.15) is 0 Å². The fraction of sp³-hybridized carbons (Fsp3) is 0.429. The van der Waals surface area contributed by atoms with Crippen LogP contribution >= 0.6 is 8.19 Å². The zero-order chi connectivity index (χ0) is 10.7. The lowest BCUT2D eigenvalue weighted by Gasteiger charge is -1.95. The highest BCUT2D eigenvalue weighted by atomic mass is 31.0. The SMILES string of the molecule is CCCc1[pH]c(CCC)c2ccccc12. The van der Waals surface area contributed by atoms with Gasteiger partial charge in [-0.05, 0) is 34.2 Å². The zero-order valence-corrected chi connectivity index (χ0v) is 10.6. The lowest BCUT2D eigenvalue weighted by molar-refractivity contribution is 0.943. The summed E-state index contributed by atoms with van der Waals surface area (Å²) in [5, 5.41) is 6.47. The molecule has 1 aromatic carbocycles. The van der Waals surface area contributed by atoms with Gasteiger partial charge in [-0.3, -0.25) is 0 Å². The molecule has 0 unspecified atom stereocenters.